The second kappa shape index (κ2) is 9.07. The molecule has 80 valence electrons. The lowest BCUT2D eigenvalue weighted by Gasteiger charge is -2.20. The molecule has 0 saturated heterocycles. The highest BCUT2D eigenvalue weighted by Gasteiger charge is 2.02. The Morgan fingerprint density at radius 1 is 0.846 bits per heavy atom. The topological polar surface area (TPSA) is 6.48 Å². The van der Waals surface area contributed by atoms with Gasteiger partial charge in [-0.25, -0.2) is 0 Å². The standard InChI is InChI=1S/C9H20Cl2N2/c1-12(2)6-3-7-13(8-4-10)9-5-11/h3-9H2,1-2H3. The van der Waals surface area contributed by atoms with Gasteiger partial charge in [0, 0.05) is 24.8 Å². The highest BCUT2D eigenvalue weighted by atomic mass is 35.5. The fourth-order valence-electron chi connectivity index (χ4n) is 1.19. The number of alkyl halides is 2. The Morgan fingerprint density at radius 2 is 1.38 bits per heavy atom. The Balaban J connectivity index is 3.44. The second-order valence-corrected chi connectivity index (χ2v) is 4.13. The summed E-state index contributed by atoms with van der Waals surface area (Å²) in [5.41, 5.74) is 0. The maximum absolute atomic E-state index is 5.68. The third kappa shape index (κ3) is 8.82. The molecule has 0 bridgehead atoms. The molecule has 0 aromatic rings. The van der Waals surface area contributed by atoms with Crippen molar-refractivity contribution < 1.29 is 0 Å². The molecule has 0 atom stereocenters. The summed E-state index contributed by atoms with van der Waals surface area (Å²) in [6, 6.07) is 0. The molecule has 13 heavy (non-hydrogen) atoms. The molecular weight excluding hydrogens is 207 g/mol. The Labute approximate surface area is 91.8 Å². The average molecular weight is 227 g/mol. The van der Waals surface area contributed by atoms with Gasteiger partial charge in [-0.15, -0.1) is 23.2 Å². The molecule has 0 N–H and O–H groups in total. The monoisotopic (exact) mass is 226 g/mol. The molecule has 0 aliphatic rings. The van der Waals surface area contributed by atoms with Crippen LogP contribution in [0.1, 0.15) is 6.42 Å². The highest BCUT2D eigenvalue weighted by Crippen LogP contribution is 1.95. The molecule has 0 radical (unpaired) electrons. The zero-order valence-electron chi connectivity index (χ0n) is 8.60. The van der Waals surface area contributed by atoms with Crippen LogP contribution in [0, 0.1) is 0 Å². The van der Waals surface area contributed by atoms with Crippen LogP contribution in [0.5, 0.6) is 0 Å². The maximum atomic E-state index is 5.68. The van der Waals surface area contributed by atoms with Crippen LogP contribution in [0.4, 0.5) is 0 Å². The lowest BCUT2D eigenvalue weighted by Crippen LogP contribution is -2.30. The molecule has 0 heterocycles. The Bertz CT molecular complexity index is 104. The van der Waals surface area contributed by atoms with Crippen molar-refractivity contribution in [3.63, 3.8) is 0 Å². The maximum Gasteiger partial charge on any atom is 0.0351 e. The largest absolute Gasteiger partial charge is 0.309 e. The predicted molar refractivity (Wildman–Crippen MR) is 61.1 cm³/mol. The Kier molecular flexibility index (Phi) is 9.42. The fourth-order valence-corrected chi connectivity index (χ4v) is 1.66. The zero-order chi connectivity index (χ0) is 10.1. The summed E-state index contributed by atoms with van der Waals surface area (Å²) in [5, 5.41) is 0. The van der Waals surface area contributed by atoms with E-state index in [2.05, 4.69) is 23.9 Å². The van der Waals surface area contributed by atoms with Gasteiger partial charge in [-0.05, 0) is 33.6 Å². The van der Waals surface area contributed by atoms with E-state index >= 15 is 0 Å². The van der Waals surface area contributed by atoms with E-state index in [4.69, 9.17) is 23.2 Å². The molecule has 0 fully saturated rings. The van der Waals surface area contributed by atoms with Gasteiger partial charge in [-0.3, -0.25) is 0 Å². The average Bonchev–Trinajstić information content (AvgIpc) is 2.04. The van der Waals surface area contributed by atoms with Crippen molar-refractivity contribution in [2.75, 3.05) is 52.0 Å². The van der Waals surface area contributed by atoms with E-state index in [0.717, 1.165) is 26.2 Å². The number of halogens is 2. The number of nitrogens with zero attached hydrogens (tertiary/aromatic N) is 2. The molecule has 4 heteroatoms. The summed E-state index contributed by atoms with van der Waals surface area (Å²) in [6.07, 6.45) is 1.18. The van der Waals surface area contributed by atoms with Crippen LogP contribution in [0.25, 0.3) is 0 Å². The van der Waals surface area contributed by atoms with E-state index in [1.54, 1.807) is 0 Å². The fraction of sp³-hybridized carbons (Fsp3) is 1.00. The first-order valence-electron chi connectivity index (χ1n) is 4.69. The van der Waals surface area contributed by atoms with Crippen molar-refractivity contribution in [3.8, 4) is 0 Å². The quantitative estimate of drug-likeness (QED) is 0.582. The Morgan fingerprint density at radius 3 is 1.77 bits per heavy atom. The third-order valence-corrected chi connectivity index (χ3v) is 2.22. The molecule has 0 spiro atoms. The van der Waals surface area contributed by atoms with Gasteiger partial charge < -0.3 is 9.80 Å². The van der Waals surface area contributed by atoms with Crippen LogP contribution >= 0.6 is 23.2 Å². The van der Waals surface area contributed by atoms with Crippen LogP contribution in [-0.4, -0.2) is 61.8 Å². The van der Waals surface area contributed by atoms with Crippen LogP contribution in [0.2, 0.25) is 0 Å². The molecule has 2 nitrogen and oxygen atoms in total. The zero-order valence-corrected chi connectivity index (χ0v) is 10.1. The van der Waals surface area contributed by atoms with Crippen molar-refractivity contribution in [2.45, 2.75) is 6.42 Å². The summed E-state index contributed by atoms with van der Waals surface area (Å²) >= 11 is 11.4. The minimum atomic E-state index is 0.693. The summed E-state index contributed by atoms with van der Waals surface area (Å²) in [4.78, 5) is 4.50. The van der Waals surface area contributed by atoms with Crippen molar-refractivity contribution in [3.05, 3.63) is 0 Å². The first-order chi connectivity index (χ1) is 6.20. The second-order valence-electron chi connectivity index (χ2n) is 3.38. The highest BCUT2D eigenvalue weighted by molar-refractivity contribution is 6.18. The predicted octanol–water partition coefficient (Wildman–Crippen LogP) is 1.72. The normalized spacial score (nSPS) is 11.5. The summed E-state index contributed by atoms with van der Waals surface area (Å²) in [6.45, 7) is 4.11. The minimum Gasteiger partial charge on any atom is -0.309 e. The summed E-state index contributed by atoms with van der Waals surface area (Å²) < 4.78 is 0. The Hall–Kier alpha value is 0.500. The van der Waals surface area contributed by atoms with Gasteiger partial charge in [-0.1, -0.05) is 0 Å². The van der Waals surface area contributed by atoms with Crippen molar-refractivity contribution >= 4 is 23.2 Å². The van der Waals surface area contributed by atoms with Crippen LogP contribution in [0.15, 0.2) is 0 Å². The van der Waals surface area contributed by atoms with Crippen LogP contribution < -0.4 is 0 Å². The molecule has 0 aromatic heterocycles. The summed E-state index contributed by atoms with van der Waals surface area (Å²) in [5.74, 6) is 1.39. The molecule has 0 aliphatic heterocycles. The number of hydrogen-bond acceptors (Lipinski definition) is 2. The van der Waals surface area contributed by atoms with Crippen LogP contribution in [-0.2, 0) is 0 Å². The van der Waals surface area contributed by atoms with Crippen molar-refractivity contribution in [1.29, 1.82) is 0 Å². The van der Waals surface area contributed by atoms with Gasteiger partial charge in [-0.2, -0.15) is 0 Å². The van der Waals surface area contributed by atoms with E-state index in [1.807, 2.05) is 0 Å². The minimum absolute atomic E-state index is 0.693. The van der Waals surface area contributed by atoms with Crippen molar-refractivity contribution in [1.82, 2.24) is 9.80 Å². The first kappa shape index (κ1) is 13.5. The van der Waals surface area contributed by atoms with E-state index in [1.165, 1.54) is 6.42 Å². The molecule has 0 unspecified atom stereocenters. The van der Waals surface area contributed by atoms with Gasteiger partial charge >= 0.3 is 0 Å². The van der Waals surface area contributed by atoms with E-state index in [9.17, 15) is 0 Å². The molecule has 0 aliphatic carbocycles. The molecule has 0 rings (SSSR count). The van der Waals surface area contributed by atoms with Gasteiger partial charge in [0.1, 0.15) is 0 Å². The van der Waals surface area contributed by atoms with Gasteiger partial charge in [0.25, 0.3) is 0 Å². The smallest absolute Gasteiger partial charge is 0.0351 e. The number of hydrogen-bond donors (Lipinski definition) is 0. The molecule has 0 aromatic carbocycles. The van der Waals surface area contributed by atoms with Crippen molar-refractivity contribution in [2.24, 2.45) is 0 Å². The lowest BCUT2D eigenvalue weighted by molar-refractivity contribution is 0.281. The molecule has 0 amide bonds. The van der Waals surface area contributed by atoms with Crippen LogP contribution in [0.3, 0.4) is 0 Å². The van der Waals surface area contributed by atoms with Gasteiger partial charge in [0.15, 0.2) is 0 Å². The first-order valence-corrected chi connectivity index (χ1v) is 5.76. The van der Waals surface area contributed by atoms with E-state index < -0.39 is 0 Å². The summed E-state index contributed by atoms with van der Waals surface area (Å²) in [7, 11) is 4.18. The third-order valence-electron chi connectivity index (χ3n) is 1.88. The molecule has 0 saturated carbocycles. The van der Waals surface area contributed by atoms with E-state index in [0.29, 0.717) is 11.8 Å². The number of rotatable bonds is 8. The SMILES string of the molecule is CN(C)CCCN(CCCl)CCCl. The van der Waals surface area contributed by atoms with Gasteiger partial charge in [0.2, 0.25) is 0 Å². The molecular formula is C9H20Cl2N2. The van der Waals surface area contributed by atoms with Gasteiger partial charge in [0.05, 0.1) is 0 Å². The van der Waals surface area contributed by atoms with E-state index in [-0.39, 0.29) is 0 Å². The lowest BCUT2D eigenvalue weighted by atomic mass is 10.3.